The lowest BCUT2D eigenvalue weighted by Gasteiger charge is -2.44. The van der Waals surface area contributed by atoms with E-state index in [1.165, 1.54) is 51.7 Å². The largest absolute Gasteiger partial charge is 0.311 e. The standard InChI is InChI=1S/C19H40N2/c1-16(2)10-12-21(7)15-19(14-20-18(4,5)6)11-8-9-17(3)13-19/h16-17,20H,8-15H2,1-7H3. The number of nitrogens with one attached hydrogen (secondary N) is 1. The summed E-state index contributed by atoms with van der Waals surface area (Å²) in [5.41, 5.74) is 0.709. The summed E-state index contributed by atoms with van der Waals surface area (Å²) >= 11 is 0. The minimum Gasteiger partial charge on any atom is -0.311 e. The van der Waals surface area contributed by atoms with Crippen LogP contribution in [0.25, 0.3) is 0 Å². The van der Waals surface area contributed by atoms with Crippen molar-refractivity contribution in [3.63, 3.8) is 0 Å². The van der Waals surface area contributed by atoms with Crippen LogP contribution in [0.4, 0.5) is 0 Å². The molecule has 2 nitrogen and oxygen atoms in total. The number of rotatable bonds is 7. The third-order valence-corrected chi connectivity index (χ3v) is 4.87. The second-order valence-electron chi connectivity index (χ2n) is 9.23. The summed E-state index contributed by atoms with van der Waals surface area (Å²) in [4.78, 5) is 2.59. The van der Waals surface area contributed by atoms with Gasteiger partial charge in [-0.2, -0.15) is 0 Å². The van der Waals surface area contributed by atoms with Crippen LogP contribution in [0.1, 0.15) is 73.6 Å². The molecule has 1 fully saturated rings. The van der Waals surface area contributed by atoms with Gasteiger partial charge in [-0.15, -0.1) is 0 Å². The van der Waals surface area contributed by atoms with Gasteiger partial charge in [0.2, 0.25) is 0 Å². The molecule has 126 valence electrons. The van der Waals surface area contributed by atoms with E-state index in [-0.39, 0.29) is 5.54 Å². The first kappa shape index (κ1) is 19.0. The van der Waals surface area contributed by atoms with Crippen LogP contribution in [0.15, 0.2) is 0 Å². The van der Waals surface area contributed by atoms with Crippen molar-refractivity contribution < 1.29 is 0 Å². The Bertz CT molecular complexity index is 292. The van der Waals surface area contributed by atoms with Crippen molar-refractivity contribution in [3.05, 3.63) is 0 Å². The van der Waals surface area contributed by atoms with E-state index in [9.17, 15) is 0 Å². The summed E-state index contributed by atoms with van der Waals surface area (Å²) in [5, 5.41) is 3.80. The van der Waals surface area contributed by atoms with E-state index in [1.807, 2.05) is 0 Å². The predicted molar refractivity (Wildman–Crippen MR) is 94.8 cm³/mol. The fourth-order valence-corrected chi connectivity index (χ4v) is 3.71. The Hall–Kier alpha value is -0.0800. The first-order valence-corrected chi connectivity index (χ1v) is 9.05. The fraction of sp³-hybridized carbons (Fsp3) is 1.00. The van der Waals surface area contributed by atoms with Gasteiger partial charge in [0.1, 0.15) is 0 Å². The van der Waals surface area contributed by atoms with Crippen LogP contribution in [-0.2, 0) is 0 Å². The van der Waals surface area contributed by atoms with Gasteiger partial charge in [0, 0.05) is 18.6 Å². The van der Waals surface area contributed by atoms with Gasteiger partial charge in [0.25, 0.3) is 0 Å². The molecular formula is C19H40N2. The molecule has 0 radical (unpaired) electrons. The maximum Gasteiger partial charge on any atom is 0.00967 e. The summed E-state index contributed by atoms with van der Waals surface area (Å²) in [6, 6.07) is 0. The highest BCUT2D eigenvalue weighted by Crippen LogP contribution is 2.39. The topological polar surface area (TPSA) is 15.3 Å². The molecule has 0 spiro atoms. The normalized spacial score (nSPS) is 27.6. The van der Waals surface area contributed by atoms with Gasteiger partial charge in [-0.05, 0) is 70.9 Å². The van der Waals surface area contributed by atoms with Crippen LogP contribution in [-0.4, -0.2) is 37.1 Å². The molecule has 0 saturated heterocycles. The Labute approximate surface area is 134 Å². The highest BCUT2D eigenvalue weighted by Gasteiger charge is 2.36. The molecule has 21 heavy (non-hydrogen) atoms. The monoisotopic (exact) mass is 296 g/mol. The molecule has 0 heterocycles. The van der Waals surface area contributed by atoms with Crippen molar-refractivity contribution in [3.8, 4) is 0 Å². The highest BCUT2D eigenvalue weighted by atomic mass is 15.1. The zero-order valence-corrected chi connectivity index (χ0v) is 15.8. The second kappa shape index (κ2) is 7.97. The Balaban J connectivity index is 2.63. The fourth-order valence-electron chi connectivity index (χ4n) is 3.71. The Morgan fingerprint density at radius 1 is 1.29 bits per heavy atom. The third kappa shape index (κ3) is 7.65. The van der Waals surface area contributed by atoms with Crippen molar-refractivity contribution in [2.24, 2.45) is 17.3 Å². The minimum absolute atomic E-state index is 0.226. The van der Waals surface area contributed by atoms with E-state index in [0.29, 0.717) is 5.41 Å². The number of hydrogen-bond donors (Lipinski definition) is 1. The average Bonchev–Trinajstić information content (AvgIpc) is 2.33. The molecule has 0 amide bonds. The van der Waals surface area contributed by atoms with Gasteiger partial charge in [-0.1, -0.05) is 33.6 Å². The minimum atomic E-state index is 0.226. The molecule has 0 aliphatic heterocycles. The van der Waals surface area contributed by atoms with E-state index in [4.69, 9.17) is 0 Å². The molecule has 2 unspecified atom stereocenters. The summed E-state index contributed by atoms with van der Waals surface area (Å²) < 4.78 is 0. The molecule has 2 heteroatoms. The average molecular weight is 297 g/mol. The predicted octanol–water partition coefficient (Wildman–Crippen LogP) is 4.55. The van der Waals surface area contributed by atoms with Crippen LogP contribution < -0.4 is 5.32 Å². The lowest BCUT2D eigenvalue weighted by molar-refractivity contribution is 0.0829. The van der Waals surface area contributed by atoms with Crippen LogP contribution in [0.5, 0.6) is 0 Å². The van der Waals surface area contributed by atoms with Crippen molar-refractivity contribution in [1.82, 2.24) is 10.2 Å². The van der Waals surface area contributed by atoms with Gasteiger partial charge in [0.05, 0.1) is 0 Å². The van der Waals surface area contributed by atoms with Gasteiger partial charge in [-0.3, -0.25) is 0 Å². The van der Waals surface area contributed by atoms with Crippen LogP contribution in [0.3, 0.4) is 0 Å². The van der Waals surface area contributed by atoms with Gasteiger partial charge in [0.15, 0.2) is 0 Å². The summed E-state index contributed by atoms with van der Waals surface area (Å²) in [7, 11) is 2.32. The van der Waals surface area contributed by atoms with Gasteiger partial charge in [-0.25, -0.2) is 0 Å². The number of hydrogen-bond acceptors (Lipinski definition) is 2. The van der Waals surface area contributed by atoms with Crippen LogP contribution in [0.2, 0.25) is 0 Å². The lowest BCUT2D eigenvalue weighted by atomic mass is 9.69. The first-order chi connectivity index (χ1) is 9.62. The molecule has 1 rings (SSSR count). The highest BCUT2D eigenvalue weighted by molar-refractivity contribution is 4.91. The van der Waals surface area contributed by atoms with E-state index in [1.54, 1.807) is 0 Å². The first-order valence-electron chi connectivity index (χ1n) is 9.05. The summed E-state index contributed by atoms with van der Waals surface area (Å²) in [5.74, 6) is 1.69. The zero-order valence-electron chi connectivity index (χ0n) is 15.8. The molecule has 1 aliphatic carbocycles. The maximum absolute atomic E-state index is 3.80. The van der Waals surface area contributed by atoms with Crippen molar-refractivity contribution in [2.75, 3.05) is 26.7 Å². The van der Waals surface area contributed by atoms with E-state index in [2.05, 4.69) is 58.8 Å². The van der Waals surface area contributed by atoms with Crippen LogP contribution in [0, 0.1) is 17.3 Å². The van der Waals surface area contributed by atoms with Gasteiger partial charge < -0.3 is 10.2 Å². The maximum atomic E-state index is 3.80. The Morgan fingerprint density at radius 2 is 1.95 bits per heavy atom. The van der Waals surface area contributed by atoms with Crippen molar-refractivity contribution >= 4 is 0 Å². The van der Waals surface area contributed by atoms with E-state index >= 15 is 0 Å². The molecule has 1 saturated carbocycles. The smallest absolute Gasteiger partial charge is 0.00967 e. The molecule has 0 aromatic heterocycles. The lowest BCUT2D eigenvalue weighted by Crippen LogP contribution is -2.50. The summed E-state index contributed by atoms with van der Waals surface area (Å²) in [6.07, 6.45) is 6.93. The molecule has 0 aromatic rings. The Morgan fingerprint density at radius 3 is 2.48 bits per heavy atom. The van der Waals surface area contributed by atoms with Crippen LogP contribution >= 0.6 is 0 Å². The molecular weight excluding hydrogens is 256 g/mol. The molecule has 2 atom stereocenters. The summed E-state index contributed by atoms with van der Waals surface area (Å²) in [6.45, 7) is 17.6. The molecule has 1 aliphatic rings. The SMILES string of the molecule is CC(C)CCN(C)CC1(CNC(C)(C)C)CCCC(C)C1. The zero-order chi connectivity index (χ0) is 16.1. The number of nitrogens with zero attached hydrogens (tertiary/aromatic N) is 1. The molecule has 0 aromatic carbocycles. The second-order valence-corrected chi connectivity index (χ2v) is 9.23. The molecule has 1 N–H and O–H groups in total. The van der Waals surface area contributed by atoms with E-state index < -0.39 is 0 Å². The van der Waals surface area contributed by atoms with Gasteiger partial charge >= 0.3 is 0 Å². The Kier molecular flexibility index (Phi) is 7.19. The molecule has 0 bridgehead atoms. The van der Waals surface area contributed by atoms with Crippen molar-refractivity contribution in [1.29, 1.82) is 0 Å². The van der Waals surface area contributed by atoms with Crippen molar-refractivity contribution in [2.45, 2.75) is 79.2 Å². The van der Waals surface area contributed by atoms with E-state index in [0.717, 1.165) is 11.8 Å². The quantitative estimate of drug-likeness (QED) is 0.741. The third-order valence-electron chi connectivity index (χ3n) is 4.87.